The lowest BCUT2D eigenvalue weighted by Crippen LogP contribution is -2.33. The van der Waals surface area contributed by atoms with Crippen LogP contribution in [0.1, 0.15) is 9.75 Å². The highest BCUT2D eigenvalue weighted by Crippen LogP contribution is 2.24. The maximum Gasteiger partial charge on any atom is 0.339 e. The zero-order valence-corrected chi connectivity index (χ0v) is 12.2. The average molecular weight is 309 g/mol. The molecule has 20 heavy (non-hydrogen) atoms. The lowest BCUT2D eigenvalue weighted by Gasteiger charge is -2.04. The van der Waals surface area contributed by atoms with E-state index in [9.17, 15) is 9.59 Å². The highest BCUT2D eigenvalue weighted by atomic mass is 32.2. The van der Waals surface area contributed by atoms with Crippen LogP contribution in [0.2, 0.25) is 0 Å². The van der Waals surface area contributed by atoms with Gasteiger partial charge in [-0.25, -0.2) is 0 Å². The number of aromatic nitrogens is 3. The monoisotopic (exact) mass is 309 g/mol. The van der Waals surface area contributed by atoms with Crippen molar-refractivity contribution >= 4 is 23.1 Å². The predicted octanol–water partition coefficient (Wildman–Crippen LogP) is 0.166. The average Bonchev–Trinajstić information content (AvgIpc) is 2.87. The molecule has 0 aliphatic carbocycles. The number of hydrogen-bond donors (Lipinski definition) is 2. The molecule has 0 spiro atoms. The first-order valence-corrected chi connectivity index (χ1v) is 7.39. The van der Waals surface area contributed by atoms with Crippen molar-refractivity contribution in [1.29, 1.82) is 0 Å². The molecule has 8 heteroatoms. The molecule has 104 valence electrons. The molecule has 2 heterocycles. The van der Waals surface area contributed by atoms with Crippen LogP contribution < -0.4 is 11.1 Å². The van der Waals surface area contributed by atoms with Crippen molar-refractivity contribution in [3.05, 3.63) is 42.6 Å². The Hall–Kier alpha value is -1.82. The third-order valence-corrected chi connectivity index (χ3v) is 4.51. The molecule has 0 aliphatic rings. The molecule has 0 bridgehead atoms. The van der Waals surface area contributed by atoms with Gasteiger partial charge < -0.3 is 5.11 Å². The number of aromatic amines is 1. The van der Waals surface area contributed by atoms with E-state index in [2.05, 4.69) is 21.9 Å². The van der Waals surface area contributed by atoms with E-state index in [-0.39, 0.29) is 6.61 Å². The zero-order valence-electron chi connectivity index (χ0n) is 10.5. The molecule has 0 unspecified atom stereocenters. The molecule has 6 nitrogen and oxygen atoms in total. The van der Waals surface area contributed by atoms with Gasteiger partial charge in [0.1, 0.15) is 6.61 Å². The van der Waals surface area contributed by atoms with Crippen molar-refractivity contribution in [2.45, 2.75) is 10.9 Å². The van der Waals surface area contributed by atoms with E-state index in [0.29, 0.717) is 10.9 Å². The van der Waals surface area contributed by atoms with Crippen molar-refractivity contribution in [1.82, 2.24) is 14.8 Å². The molecule has 2 N–H and O–H groups in total. The number of thioether (sulfide) groups is 1. The Bertz CT molecular complexity index is 779. The predicted molar refractivity (Wildman–Crippen MR) is 77.9 cm³/mol. The molecular weight excluding hydrogens is 298 g/mol. The Labute approximate surface area is 122 Å². The van der Waals surface area contributed by atoms with Crippen LogP contribution in [0, 0.1) is 11.8 Å². The maximum absolute atomic E-state index is 11.2. The van der Waals surface area contributed by atoms with Gasteiger partial charge in [0.15, 0.2) is 5.16 Å². The van der Waals surface area contributed by atoms with Gasteiger partial charge in [-0.1, -0.05) is 23.6 Å². The van der Waals surface area contributed by atoms with Crippen molar-refractivity contribution in [3.63, 3.8) is 0 Å². The molecule has 0 fully saturated rings. The van der Waals surface area contributed by atoms with E-state index in [1.54, 1.807) is 7.05 Å². The van der Waals surface area contributed by atoms with Crippen molar-refractivity contribution in [3.8, 4) is 11.8 Å². The molecule has 0 aromatic carbocycles. The molecule has 0 radical (unpaired) electrons. The molecule has 0 atom stereocenters. The first kappa shape index (κ1) is 14.6. The molecule has 0 aliphatic heterocycles. The molecule has 0 amide bonds. The number of H-pyrrole nitrogens is 1. The van der Waals surface area contributed by atoms with Crippen LogP contribution in [0.5, 0.6) is 0 Å². The zero-order chi connectivity index (χ0) is 14.5. The van der Waals surface area contributed by atoms with E-state index < -0.39 is 11.1 Å². The molecule has 0 saturated heterocycles. The van der Waals surface area contributed by atoms with Crippen LogP contribution in [-0.4, -0.2) is 26.5 Å². The second kappa shape index (κ2) is 6.56. The SMILES string of the molecule is Cn1[nH]c(=O)c(=O)nc1SCc1ccc(C#CCO)s1. The van der Waals surface area contributed by atoms with Gasteiger partial charge in [-0.15, -0.1) is 11.3 Å². The van der Waals surface area contributed by atoms with Crippen LogP contribution in [0.4, 0.5) is 0 Å². The largest absolute Gasteiger partial charge is 0.384 e. The van der Waals surface area contributed by atoms with Gasteiger partial charge in [0, 0.05) is 17.7 Å². The van der Waals surface area contributed by atoms with Gasteiger partial charge in [0.25, 0.3) is 0 Å². The van der Waals surface area contributed by atoms with Gasteiger partial charge in [0.2, 0.25) is 0 Å². The van der Waals surface area contributed by atoms with Crippen LogP contribution >= 0.6 is 23.1 Å². The standard InChI is InChI=1S/C12H11N3O3S2/c1-15-12(13-10(17)11(18)14-15)19-7-9-5-4-8(20-9)3-2-6-16/h4-5,16H,6-7H2,1H3,(H,14,18). The minimum Gasteiger partial charge on any atom is -0.384 e. The summed E-state index contributed by atoms with van der Waals surface area (Å²) in [5, 5.41) is 11.5. The normalized spacial score (nSPS) is 10.1. The second-order valence-electron chi connectivity index (χ2n) is 3.71. The summed E-state index contributed by atoms with van der Waals surface area (Å²) < 4.78 is 1.43. The minimum atomic E-state index is -0.786. The van der Waals surface area contributed by atoms with Gasteiger partial charge in [-0.05, 0) is 12.1 Å². The van der Waals surface area contributed by atoms with Crippen LogP contribution in [-0.2, 0) is 12.8 Å². The summed E-state index contributed by atoms with van der Waals surface area (Å²) in [4.78, 5) is 27.9. The third kappa shape index (κ3) is 3.60. The minimum absolute atomic E-state index is 0.161. The smallest absolute Gasteiger partial charge is 0.339 e. The van der Waals surface area contributed by atoms with E-state index in [1.807, 2.05) is 12.1 Å². The molecule has 2 aromatic heterocycles. The second-order valence-corrected chi connectivity index (χ2v) is 5.82. The van der Waals surface area contributed by atoms with Crippen molar-refractivity contribution < 1.29 is 5.11 Å². The highest BCUT2D eigenvalue weighted by Gasteiger charge is 2.06. The number of nitrogens with zero attached hydrogens (tertiary/aromatic N) is 2. The highest BCUT2D eigenvalue weighted by molar-refractivity contribution is 7.98. The van der Waals surface area contributed by atoms with E-state index in [1.165, 1.54) is 27.8 Å². The summed E-state index contributed by atoms with van der Waals surface area (Å²) in [6, 6.07) is 3.81. The fourth-order valence-corrected chi connectivity index (χ4v) is 3.22. The first-order chi connectivity index (χ1) is 9.60. The van der Waals surface area contributed by atoms with E-state index in [0.717, 1.165) is 9.75 Å². The van der Waals surface area contributed by atoms with E-state index in [4.69, 9.17) is 5.11 Å². The van der Waals surface area contributed by atoms with Crippen molar-refractivity contribution in [2.24, 2.45) is 7.05 Å². The fourth-order valence-electron chi connectivity index (χ4n) is 1.37. The number of aliphatic hydroxyl groups excluding tert-OH is 1. The quantitative estimate of drug-likeness (QED) is 0.479. The molecule has 2 rings (SSSR count). The molecule has 2 aromatic rings. The lowest BCUT2D eigenvalue weighted by atomic mass is 10.4. The Morgan fingerprint density at radius 1 is 1.50 bits per heavy atom. The maximum atomic E-state index is 11.2. The summed E-state index contributed by atoms with van der Waals surface area (Å²) in [6.07, 6.45) is 0. The van der Waals surface area contributed by atoms with Gasteiger partial charge in [-0.2, -0.15) is 4.98 Å². The fraction of sp³-hybridized carbons (Fsp3) is 0.250. The summed E-state index contributed by atoms with van der Waals surface area (Å²) in [5.41, 5.74) is -1.51. The van der Waals surface area contributed by atoms with Gasteiger partial charge in [0.05, 0.1) is 4.88 Å². The number of aliphatic hydroxyl groups is 1. The summed E-state index contributed by atoms with van der Waals surface area (Å²) in [6.45, 7) is -0.161. The van der Waals surface area contributed by atoms with Crippen LogP contribution in [0.25, 0.3) is 0 Å². The van der Waals surface area contributed by atoms with Gasteiger partial charge in [-0.3, -0.25) is 19.4 Å². The lowest BCUT2D eigenvalue weighted by molar-refractivity contribution is 0.350. The van der Waals surface area contributed by atoms with Crippen LogP contribution in [0.15, 0.2) is 26.9 Å². The Morgan fingerprint density at radius 2 is 2.30 bits per heavy atom. The van der Waals surface area contributed by atoms with E-state index >= 15 is 0 Å². The molecular formula is C12H11N3O3S2. The number of nitrogens with one attached hydrogen (secondary N) is 1. The Kier molecular flexibility index (Phi) is 4.79. The topological polar surface area (TPSA) is 88.0 Å². The third-order valence-electron chi connectivity index (χ3n) is 2.24. The Balaban J connectivity index is 2.09. The number of hydrogen-bond acceptors (Lipinski definition) is 6. The summed E-state index contributed by atoms with van der Waals surface area (Å²) in [7, 11) is 1.63. The summed E-state index contributed by atoms with van der Waals surface area (Å²) in [5.74, 6) is 6.04. The van der Waals surface area contributed by atoms with Gasteiger partial charge >= 0.3 is 11.1 Å². The molecule has 0 saturated carbocycles. The Morgan fingerprint density at radius 3 is 3.05 bits per heavy atom. The number of aryl methyl sites for hydroxylation is 1. The van der Waals surface area contributed by atoms with Crippen molar-refractivity contribution in [2.75, 3.05) is 6.61 Å². The van der Waals surface area contributed by atoms with Crippen LogP contribution in [0.3, 0.4) is 0 Å². The first-order valence-electron chi connectivity index (χ1n) is 5.58. The summed E-state index contributed by atoms with van der Waals surface area (Å²) >= 11 is 2.87. The number of thiophene rings is 1. The number of rotatable bonds is 3.